The summed E-state index contributed by atoms with van der Waals surface area (Å²) in [5.41, 5.74) is 0.0419. The third-order valence-electron chi connectivity index (χ3n) is 4.52. The van der Waals surface area contributed by atoms with Crippen LogP contribution in [0, 0.1) is 17.5 Å². The topological polar surface area (TPSA) is 97.3 Å². The molecule has 0 aliphatic carbocycles. The lowest BCUT2D eigenvalue weighted by Crippen LogP contribution is -2.49. The molecule has 1 aliphatic heterocycles. The summed E-state index contributed by atoms with van der Waals surface area (Å²) < 4.78 is 46.1. The highest BCUT2D eigenvalue weighted by atomic mass is 19.1. The maximum atomic E-state index is 14.2. The number of benzene rings is 1. The fraction of sp³-hybridized carbons (Fsp3) is 0.150. The molecule has 31 heavy (non-hydrogen) atoms. The zero-order valence-corrected chi connectivity index (χ0v) is 16.0. The van der Waals surface area contributed by atoms with Crippen LogP contribution in [0.5, 0.6) is 5.75 Å². The molecule has 158 valence electrons. The van der Waals surface area contributed by atoms with Crippen LogP contribution in [-0.2, 0) is 4.79 Å². The molecule has 1 aromatic carbocycles. The molecule has 0 spiro atoms. The summed E-state index contributed by atoms with van der Waals surface area (Å²) in [6.45, 7) is -0.293. The van der Waals surface area contributed by atoms with Gasteiger partial charge in [0.15, 0.2) is 17.4 Å². The van der Waals surface area contributed by atoms with Gasteiger partial charge in [0.1, 0.15) is 30.0 Å². The van der Waals surface area contributed by atoms with E-state index in [1.165, 1.54) is 19.2 Å². The highest BCUT2D eigenvalue weighted by Crippen LogP contribution is 2.28. The fourth-order valence-corrected chi connectivity index (χ4v) is 2.97. The molecule has 1 aliphatic rings. The molecule has 3 heterocycles. The molecular weight excluding hydrogens is 415 g/mol. The van der Waals surface area contributed by atoms with Gasteiger partial charge in [0, 0.05) is 18.7 Å². The first-order valence-electron chi connectivity index (χ1n) is 8.98. The van der Waals surface area contributed by atoms with Crippen LogP contribution in [0.4, 0.5) is 19.0 Å². The number of fused-ring (bicyclic) bond motifs is 1. The average molecular weight is 429 g/mol. The van der Waals surface area contributed by atoms with E-state index >= 15 is 0 Å². The molecule has 1 atom stereocenters. The lowest BCUT2D eigenvalue weighted by molar-refractivity contribution is -0.120. The molecule has 0 saturated carbocycles. The van der Waals surface area contributed by atoms with Crippen molar-refractivity contribution in [2.75, 3.05) is 18.6 Å². The Balaban J connectivity index is 1.56. The number of hydrogen-bond acceptors (Lipinski definition) is 6. The number of halogens is 3. The first-order chi connectivity index (χ1) is 14.8. The quantitative estimate of drug-likeness (QED) is 0.685. The minimum atomic E-state index is -1.15. The van der Waals surface area contributed by atoms with E-state index in [2.05, 4.69) is 20.3 Å². The number of nitrogens with one attached hydrogen (secondary N) is 1. The molecule has 11 heteroatoms. The summed E-state index contributed by atoms with van der Waals surface area (Å²) in [5, 5.41) is 2.43. The second-order valence-corrected chi connectivity index (χ2v) is 6.61. The van der Waals surface area contributed by atoms with Crippen molar-refractivity contribution in [3.63, 3.8) is 0 Å². The molecule has 0 fully saturated rings. The van der Waals surface area contributed by atoms with Gasteiger partial charge in [0.2, 0.25) is 5.82 Å². The molecule has 2 aromatic heterocycles. The smallest absolute Gasteiger partial charge is 0.289 e. The van der Waals surface area contributed by atoms with Crippen molar-refractivity contribution in [1.29, 1.82) is 0 Å². The van der Waals surface area contributed by atoms with Crippen molar-refractivity contribution < 1.29 is 27.5 Å². The summed E-state index contributed by atoms with van der Waals surface area (Å²) in [5.74, 6) is -3.64. The zero-order chi connectivity index (χ0) is 22.1. The fourth-order valence-electron chi connectivity index (χ4n) is 2.97. The summed E-state index contributed by atoms with van der Waals surface area (Å²) >= 11 is 0. The van der Waals surface area contributed by atoms with E-state index in [1.807, 2.05) is 0 Å². The van der Waals surface area contributed by atoms with Crippen molar-refractivity contribution in [3.8, 4) is 17.0 Å². The summed E-state index contributed by atoms with van der Waals surface area (Å²) in [6.07, 6.45) is 1.74. The summed E-state index contributed by atoms with van der Waals surface area (Å²) in [7, 11) is 1.40. The molecule has 0 bridgehead atoms. The summed E-state index contributed by atoms with van der Waals surface area (Å²) in [6, 6.07) is 4.80. The van der Waals surface area contributed by atoms with Crippen LogP contribution in [0.3, 0.4) is 0 Å². The maximum absolute atomic E-state index is 14.2. The number of pyridine rings is 1. The first-order valence-corrected chi connectivity index (χ1v) is 8.98. The van der Waals surface area contributed by atoms with Gasteiger partial charge < -0.3 is 10.1 Å². The Morgan fingerprint density at radius 3 is 2.61 bits per heavy atom. The van der Waals surface area contributed by atoms with Crippen molar-refractivity contribution in [1.82, 2.24) is 20.3 Å². The van der Waals surface area contributed by atoms with Gasteiger partial charge in [0.05, 0.1) is 12.4 Å². The number of likely N-dealkylation sites (N-methyl/N-ethyl adjacent to an activating group) is 1. The van der Waals surface area contributed by atoms with E-state index < -0.39 is 41.1 Å². The number of nitrogens with zero attached hydrogens (tertiary/aromatic N) is 4. The Bertz CT molecular complexity index is 1170. The van der Waals surface area contributed by atoms with E-state index in [0.717, 1.165) is 35.5 Å². The highest BCUT2D eigenvalue weighted by Gasteiger charge is 2.32. The zero-order valence-electron chi connectivity index (χ0n) is 16.0. The van der Waals surface area contributed by atoms with Gasteiger partial charge in [-0.1, -0.05) is 0 Å². The molecule has 0 radical (unpaired) electrons. The van der Waals surface area contributed by atoms with E-state index in [4.69, 9.17) is 4.74 Å². The highest BCUT2D eigenvalue weighted by molar-refractivity contribution is 6.01. The molecule has 0 saturated heterocycles. The van der Waals surface area contributed by atoms with Gasteiger partial charge in [-0.2, -0.15) is 0 Å². The minimum absolute atomic E-state index is 0.0456. The van der Waals surface area contributed by atoms with Crippen LogP contribution in [0.15, 0.2) is 42.7 Å². The number of hydrogen-bond donors (Lipinski definition) is 1. The second kappa shape index (κ2) is 8.01. The first kappa shape index (κ1) is 20.3. The third-order valence-corrected chi connectivity index (χ3v) is 4.52. The third kappa shape index (κ3) is 4.02. The molecule has 1 N–H and O–H groups in total. The molecule has 2 amide bonds. The average Bonchev–Trinajstić information content (AvgIpc) is 2.86. The van der Waals surface area contributed by atoms with Gasteiger partial charge in [-0.3, -0.25) is 14.5 Å². The predicted molar refractivity (Wildman–Crippen MR) is 102 cm³/mol. The number of aromatic nitrogens is 3. The van der Waals surface area contributed by atoms with E-state index in [9.17, 15) is 22.8 Å². The Labute approximate surface area is 173 Å². The van der Waals surface area contributed by atoms with Gasteiger partial charge in [-0.15, -0.1) is 0 Å². The van der Waals surface area contributed by atoms with Crippen LogP contribution < -0.4 is 15.0 Å². The van der Waals surface area contributed by atoms with Gasteiger partial charge in [0.25, 0.3) is 11.8 Å². The molecule has 3 aromatic rings. The predicted octanol–water partition coefficient (Wildman–Crippen LogP) is 2.11. The maximum Gasteiger partial charge on any atom is 0.289 e. The number of carbonyl (C=O) groups excluding carboxylic acids is 2. The lowest BCUT2D eigenvalue weighted by atomic mass is 10.1. The second-order valence-electron chi connectivity index (χ2n) is 6.61. The van der Waals surface area contributed by atoms with Gasteiger partial charge in [-0.25, -0.2) is 28.1 Å². The Kier molecular flexibility index (Phi) is 5.24. The number of carbonyl (C=O) groups is 2. The van der Waals surface area contributed by atoms with Crippen LogP contribution in [0.2, 0.25) is 0 Å². The SMILES string of the molecule is CN1C(=O)C(NC(=O)c2ncc(F)c(-c3ccc(F)cc3)n2)COc2cc(F)cnc21. The minimum Gasteiger partial charge on any atom is -0.487 e. The standard InChI is InChI=1S/C20H14F3N5O3/c1-28-18-15(6-12(22)7-25-18)31-9-14(20(28)30)26-19(29)17-24-8-13(23)16(27-17)10-2-4-11(21)5-3-10/h2-8,14H,9H2,1H3,(H,26,29). The Morgan fingerprint density at radius 2 is 1.87 bits per heavy atom. The molecule has 1 unspecified atom stereocenters. The number of anilines is 1. The van der Waals surface area contributed by atoms with Crippen molar-refractivity contribution in [2.45, 2.75) is 6.04 Å². The molecular formula is C20H14F3N5O3. The van der Waals surface area contributed by atoms with Crippen molar-refractivity contribution in [2.24, 2.45) is 0 Å². The molecule has 4 rings (SSSR count). The number of rotatable bonds is 3. The van der Waals surface area contributed by atoms with Crippen molar-refractivity contribution in [3.05, 3.63) is 66.0 Å². The normalized spacial score (nSPS) is 15.7. The summed E-state index contributed by atoms with van der Waals surface area (Å²) in [4.78, 5) is 37.9. The van der Waals surface area contributed by atoms with E-state index in [1.54, 1.807) is 0 Å². The van der Waals surface area contributed by atoms with Crippen LogP contribution >= 0.6 is 0 Å². The van der Waals surface area contributed by atoms with Gasteiger partial charge >= 0.3 is 0 Å². The number of amides is 2. The molecule has 8 nitrogen and oxygen atoms in total. The lowest BCUT2D eigenvalue weighted by Gasteiger charge is -2.19. The number of ether oxygens (including phenoxy) is 1. The monoisotopic (exact) mass is 429 g/mol. The Hall–Kier alpha value is -4.02. The van der Waals surface area contributed by atoms with E-state index in [0.29, 0.717) is 0 Å². The van der Waals surface area contributed by atoms with E-state index in [-0.39, 0.29) is 29.4 Å². The van der Waals surface area contributed by atoms with Crippen LogP contribution in [0.25, 0.3) is 11.3 Å². The largest absolute Gasteiger partial charge is 0.487 e. The van der Waals surface area contributed by atoms with Gasteiger partial charge in [-0.05, 0) is 24.3 Å². The Morgan fingerprint density at radius 1 is 1.13 bits per heavy atom. The van der Waals surface area contributed by atoms with Crippen LogP contribution in [0.1, 0.15) is 10.6 Å². The van der Waals surface area contributed by atoms with Crippen LogP contribution in [-0.4, -0.2) is 46.5 Å². The van der Waals surface area contributed by atoms with Crippen molar-refractivity contribution >= 4 is 17.6 Å².